The monoisotopic (exact) mass is 232 g/mol. The summed E-state index contributed by atoms with van der Waals surface area (Å²) < 4.78 is 0. The summed E-state index contributed by atoms with van der Waals surface area (Å²) in [6.45, 7) is 7.42. The fraction of sp³-hybridized carbons (Fsp3) is 0.500. The van der Waals surface area contributed by atoms with Crippen LogP contribution in [0.1, 0.15) is 12.5 Å². The lowest BCUT2D eigenvalue weighted by Crippen LogP contribution is -2.47. The Morgan fingerprint density at radius 1 is 1.06 bits per heavy atom. The summed E-state index contributed by atoms with van der Waals surface area (Å²) in [4.78, 5) is 15.7. The van der Waals surface area contributed by atoms with Gasteiger partial charge in [0.1, 0.15) is 5.78 Å². The van der Waals surface area contributed by atoms with Crippen molar-refractivity contribution in [2.45, 2.75) is 13.5 Å². The normalized spacial score (nSPS) is 18.2. The predicted octanol–water partition coefficient (Wildman–Crippen LogP) is 1.39. The van der Waals surface area contributed by atoms with Crippen molar-refractivity contribution in [2.24, 2.45) is 0 Å². The molecule has 0 aliphatic carbocycles. The second kappa shape index (κ2) is 5.94. The third kappa shape index (κ3) is 3.95. The maximum absolute atomic E-state index is 11.0. The number of carbonyl (C=O) groups is 1. The smallest absolute Gasteiger partial charge is 0.143 e. The van der Waals surface area contributed by atoms with E-state index < -0.39 is 0 Å². The minimum atomic E-state index is 0.265. The van der Waals surface area contributed by atoms with Gasteiger partial charge < -0.3 is 0 Å². The summed E-state index contributed by atoms with van der Waals surface area (Å²) in [6, 6.07) is 10.6. The Kier molecular flexibility index (Phi) is 4.29. The van der Waals surface area contributed by atoms with Crippen LogP contribution in [-0.4, -0.2) is 48.3 Å². The van der Waals surface area contributed by atoms with E-state index in [9.17, 15) is 4.79 Å². The topological polar surface area (TPSA) is 23.6 Å². The average molecular weight is 232 g/mol. The lowest BCUT2D eigenvalue weighted by atomic mass is 10.2. The first-order valence-corrected chi connectivity index (χ1v) is 6.22. The molecule has 17 heavy (non-hydrogen) atoms. The number of nitrogens with zero attached hydrogens (tertiary/aromatic N) is 2. The molecule has 1 heterocycles. The van der Waals surface area contributed by atoms with E-state index in [0.717, 1.165) is 32.7 Å². The van der Waals surface area contributed by atoms with E-state index in [1.807, 2.05) is 6.07 Å². The summed E-state index contributed by atoms with van der Waals surface area (Å²) in [7, 11) is 0. The van der Waals surface area contributed by atoms with Gasteiger partial charge in [0, 0.05) is 32.7 Å². The quantitative estimate of drug-likeness (QED) is 0.784. The Hall–Kier alpha value is -1.19. The highest BCUT2D eigenvalue weighted by Crippen LogP contribution is 2.08. The Morgan fingerprint density at radius 2 is 1.65 bits per heavy atom. The first-order valence-electron chi connectivity index (χ1n) is 6.22. The molecule has 0 unspecified atom stereocenters. The number of Topliss-reactive ketones (excluding diaryl/α,β-unsaturated/α-hetero) is 1. The maximum Gasteiger partial charge on any atom is 0.143 e. The molecular formula is C14H20N2O. The first kappa shape index (κ1) is 12.3. The van der Waals surface area contributed by atoms with Gasteiger partial charge in [-0.2, -0.15) is 0 Å². The zero-order valence-electron chi connectivity index (χ0n) is 10.4. The van der Waals surface area contributed by atoms with E-state index in [0.29, 0.717) is 6.54 Å². The third-order valence-electron chi connectivity index (χ3n) is 3.16. The van der Waals surface area contributed by atoms with Crippen LogP contribution in [0.2, 0.25) is 0 Å². The summed E-state index contributed by atoms with van der Waals surface area (Å²) >= 11 is 0. The molecule has 1 aromatic rings. The lowest BCUT2D eigenvalue weighted by molar-refractivity contribution is -0.118. The number of carbonyl (C=O) groups excluding carboxylic acids is 1. The number of piperazine rings is 1. The van der Waals surface area contributed by atoms with Gasteiger partial charge >= 0.3 is 0 Å². The van der Waals surface area contributed by atoms with Gasteiger partial charge in [-0.1, -0.05) is 30.3 Å². The van der Waals surface area contributed by atoms with Crippen molar-refractivity contribution >= 4 is 5.78 Å². The number of benzene rings is 1. The average Bonchev–Trinajstić information content (AvgIpc) is 2.32. The van der Waals surface area contributed by atoms with E-state index >= 15 is 0 Å². The van der Waals surface area contributed by atoms with Crippen LogP contribution in [0, 0.1) is 0 Å². The molecule has 0 N–H and O–H groups in total. The van der Waals surface area contributed by atoms with Crippen LogP contribution in [0.25, 0.3) is 0 Å². The zero-order chi connectivity index (χ0) is 12.1. The van der Waals surface area contributed by atoms with Crippen molar-refractivity contribution in [3.63, 3.8) is 0 Å². The molecule has 92 valence electrons. The number of ketones is 1. The minimum absolute atomic E-state index is 0.265. The second-order valence-corrected chi connectivity index (χ2v) is 4.74. The van der Waals surface area contributed by atoms with Crippen LogP contribution < -0.4 is 0 Å². The van der Waals surface area contributed by atoms with Crippen LogP contribution in [0.15, 0.2) is 30.3 Å². The highest BCUT2D eigenvalue weighted by molar-refractivity contribution is 5.77. The van der Waals surface area contributed by atoms with E-state index in [1.54, 1.807) is 6.92 Å². The van der Waals surface area contributed by atoms with Gasteiger partial charge in [-0.3, -0.25) is 14.6 Å². The molecule has 0 spiro atoms. The van der Waals surface area contributed by atoms with Gasteiger partial charge in [-0.05, 0) is 12.5 Å². The van der Waals surface area contributed by atoms with Crippen LogP contribution in [0.4, 0.5) is 0 Å². The fourth-order valence-corrected chi connectivity index (χ4v) is 2.26. The molecule has 0 saturated carbocycles. The molecular weight excluding hydrogens is 212 g/mol. The second-order valence-electron chi connectivity index (χ2n) is 4.74. The van der Waals surface area contributed by atoms with Crippen LogP contribution in [0.3, 0.4) is 0 Å². The Labute approximate surface area is 103 Å². The molecule has 1 aromatic carbocycles. The summed E-state index contributed by atoms with van der Waals surface area (Å²) in [5.74, 6) is 0.265. The van der Waals surface area contributed by atoms with Gasteiger partial charge in [-0.15, -0.1) is 0 Å². The van der Waals surface area contributed by atoms with E-state index in [4.69, 9.17) is 0 Å². The molecule has 1 aliphatic rings. The van der Waals surface area contributed by atoms with Crippen molar-refractivity contribution < 1.29 is 4.79 Å². The highest BCUT2D eigenvalue weighted by atomic mass is 16.1. The fourth-order valence-electron chi connectivity index (χ4n) is 2.26. The van der Waals surface area contributed by atoms with Crippen molar-refractivity contribution in [1.29, 1.82) is 0 Å². The van der Waals surface area contributed by atoms with Gasteiger partial charge in [0.25, 0.3) is 0 Å². The minimum Gasteiger partial charge on any atom is -0.299 e. The van der Waals surface area contributed by atoms with Gasteiger partial charge in [-0.25, -0.2) is 0 Å². The number of rotatable bonds is 4. The molecule has 0 radical (unpaired) electrons. The van der Waals surface area contributed by atoms with E-state index in [1.165, 1.54) is 5.56 Å². The standard InChI is InChI=1S/C14H20N2O/c1-13(17)11-15-7-9-16(10-8-15)12-14-5-3-2-4-6-14/h2-6H,7-12H2,1H3. The molecule has 2 rings (SSSR count). The van der Waals surface area contributed by atoms with Gasteiger partial charge in [0.2, 0.25) is 0 Å². The highest BCUT2D eigenvalue weighted by Gasteiger charge is 2.17. The SMILES string of the molecule is CC(=O)CN1CCN(Cc2ccccc2)CC1. The number of hydrogen-bond donors (Lipinski definition) is 0. The van der Waals surface area contributed by atoms with Gasteiger partial charge in [0.15, 0.2) is 0 Å². The molecule has 3 heteroatoms. The Bertz CT molecular complexity index is 356. The summed E-state index contributed by atoms with van der Waals surface area (Å²) in [6.07, 6.45) is 0. The maximum atomic E-state index is 11.0. The molecule has 1 aliphatic heterocycles. The third-order valence-corrected chi connectivity index (χ3v) is 3.16. The summed E-state index contributed by atoms with van der Waals surface area (Å²) in [5.41, 5.74) is 1.37. The molecule has 0 aromatic heterocycles. The van der Waals surface area contributed by atoms with Crippen LogP contribution >= 0.6 is 0 Å². The Balaban J connectivity index is 1.78. The van der Waals surface area contributed by atoms with Crippen LogP contribution in [0.5, 0.6) is 0 Å². The molecule has 1 fully saturated rings. The molecule has 0 bridgehead atoms. The predicted molar refractivity (Wildman–Crippen MR) is 68.8 cm³/mol. The zero-order valence-corrected chi connectivity index (χ0v) is 10.4. The van der Waals surface area contributed by atoms with Gasteiger partial charge in [0.05, 0.1) is 6.54 Å². The van der Waals surface area contributed by atoms with Crippen molar-refractivity contribution in [1.82, 2.24) is 9.80 Å². The van der Waals surface area contributed by atoms with Crippen LogP contribution in [-0.2, 0) is 11.3 Å². The van der Waals surface area contributed by atoms with Crippen molar-refractivity contribution in [3.05, 3.63) is 35.9 Å². The largest absolute Gasteiger partial charge is 0.299 e. The van der Waals surface area contributed by atoms with Crippen molar-refractivity contribution in [3.8, 4) is 0 Å². The lowest BCUT2D eigenvalue weighted by Gasteiger charge is -2.34. The van der Waals surface area contributed by atoms with E-state index in [-0.39, 0.29) is 5.78 Å². The molecule has 1 saturated heterocycles. The molecule has 3 nitrogen and oxygen atoms in total. The van der Waals surface area contributed by atoms with E-state index in [2.05, 4.69) is 34.1 Å². The Morgan fingerprint density at radius 3 is 2.24 bits per heavy atom. The first-order chi connectivity index (χ1) is 8.24. The molecule has 0 amide bonds. The summed E-state index contributed by atoms with van der Waals surface area (Å²) in [5, 5.41) is 0. The van der Waals surface area contributed by atoms with Crippen molar-refractivity contribution in [2.75, 3.05) is 32.7 Å². The molecule has 0 atom stereocenters. The number of hydrogen-bond acceptors (Lipinski definition) is 3.